The van der Waals surface area contributed by atoms with Gasteiger partial charge < -0.3 is 20.6 Å². The van der Waals surface area contributed by atoms with Crippen molar-refractivity contribution in [1.29, 1.82) is 0 Å². The van der Waals surface area contributed by atoms with Gasteiger partial charge in [0.2, 0.25) is 17.7 Å². The van der Waals surface area contributed by atoms with Crippen molar-refractivity contribution in [3.63, 3.8) is 0 Å². The number of nitrogens with one attached hydrogen (secondary N) is 2. The fourth-order valence-corrected chi connectivity index (χ4v) is 2.00. The Morgan fingerprint density at radius 2 is 1.64 bits per heavy atom. The summed E-state index contributed by atoms with van der Waals surface area (Å²) in [5, 5.41) is 15.2. The molecule has 0 aliphatic heterocycles. The molecule has 0 aliphatic rings. The molecule has 0 saturated carbocycles. The molecule has 1 unspecified atom stereocenters. The zero-order valence-corrected chi connectivity index (χ0v) is 14.7. The molecule has 0 fully saturated rings. The smallest absolute Gasteiger partial charge is 0.246 e. The Hall–Kier alpha value is -2.45. The second-order valence-electron chi connectivity index (χ2n) is 5.19. The van der Waals surface area contributed by atoms with Crippen molar-refractivity contribution in [2.24, 2.45) is 0 Å². The highest BCUT2D eigenvalue weighted by Crippen LogP contribution is 1.99. The molecule has 0 aromatic rings. The molecule has 3 amide bonds. The molecule has 3 N–H and O–H groups in total. The van der Waals surface area contributed by atoms with Crippen molar-refractivity contribution in [1.82, 2.24) is 20.4 Å². The van der Waals surface area contributed by atoms with Crippen molar-refractivity contribution >= 4 is 17.7 Å². The summed E-state index contributed by atoms with van der Waals surface area (Å²) < 4.78 is 0. The van der Waals surface area contributed by atoms with Crippen molar-refractivity contribution < 1.29 is 19.5 Å². The number of rotatable bonds is 13. The molecular formula is C17H28N4O4. The lowest BCUT2D eigenvalue weighted by molar-refractivity contribution is -0.127. The highest BCUT2D eigenvalue weighted by molar-refractivity contribution is 5.88. The predicted octanol–water partition coefficient (Wildman–Crippen LogP) is -0.754. The zero-order chi connectivity index (χ0) is 19.2. The van der Waals surface area contributed by atoms with E-state index in [0.29, 0.717) is 32.7 Å². The van der Waals surface area contributed by atoms with Gasteiger partial charge >= 0.3 is 0 Å². The first-order valence-electron chi connectivity index (χ1n) is 7.96. The van der Waals surface area contributed by atoms with Crippen LogP contribution < -0.4 is 10.6 Å². The standard InChI is InChI=1S/C17H28N4O4/c1-5-15(23)19-9-11-21(17(25)7-3)13-12-20(16(24)6-2)10-8-18-14(4)22/h5-7,16,24H,1-3,8-13H2,4H3,(H,18,22)(H,19,23). The van der Waals surface area contributed by atoms with E-state index in [0.717, 1.165) is 6.08 Å². The van der Waals surface area contributed by atoms with E-state index in [2.05, 4.69) is 30.4 Å². The van der Waals surface area contributed by atoms with E-state index in [1.54, 1.807) is 4.90 Å². The van der Waals surface area contributed by atoms with Crippen LogP contribution in [0.1, 0.15) is 6.92 Å². The summed E-state index contributed by atoms with van der Waals surface area (Å²) in [4.78, 5) is 37.2. The Labute approximate surface area is 148 Å². The van der Waals surface area contributed by atoms with Crippen LogP contribution in [0.2, 0.25) is 0 Å². The third-order valence-electron chi connectivity index (χ3n) is 3.37. The minimum atomic E-state index is -0.894. The van der Waals surface area contributed by atoms with Gasteiger partial charge in [-0.3, -0.25) is 19.3 Å². The molecule has 8 heteroatoms. The van der Waals surface area contributed by atoms with Gasteiger partial charge in [0.25, 0.3) is 0 Å². The minimum absolute atomic E-state index is 0.158. The number of carbonyl (C=O) groups is 3. The summed E-state index contributed by atoms with van der Waals surface area (Å²) >= 11 is 0. The quantitative estimate of drug-likeness (QED) is 0.230. The molecule has 0 heterocycles. The van der Waals surface area contributed by atoms with Crippen LogP contribution in [-0.4, -0.2) is 78.1 Å². The van der Waals surface area contributed by atoms with Crippen LogP contribution in [-0.2, 0) is 14.4 Å². The average Bonchev–Trinajstić information content (AvgIpc) is 2.60. The SMILES string of the molecule is C=CC(=O)NCCN(CCN(CCNC(C)=O)C(O)C=C)C(=O)C=C. The van der Waals surface area contributed by atoms with Gasteiger partial charge in [-0.25, -0.2) is 0 Å². The summed E-state index contributed by atoms with van der Waals surface area (Å²) in [6, 6.07) is 0. The van der Waals surface area contributed by atoms with Gasteiger partial charge in [0.1, 0.15) is 6.23 Å². The maximum absolute atomic E-state index is 11.9. The van der Waals surface area contributed by atoms with Crippen molar-refractivity contribution in [2.45, 2.75) is 13.2 Å². The van der Waals surface area contributed by atoms with Crippen LogP contribution in [0.4, 0.5) is 0 Å². The molecule has 0 saturated heterocycles. The minimum Gasteiger partial charge on any atom is -0.375 e. The molecule has 0 rings (SSSR count). The third-order valence-corrected chi connectivity index (χ3v) is 3.37. The summed E-state index contributed by atoms with van der Waals surface area (Å²) in [5.74, 6) is -0.748. The largest absolute Gasteiger partial charge is 0.375 e. The first kappa shape index (κ1) is 22.6. The Morgan fingerprint density at radius 1 is 1.00 bits per heavy atom. The molecule has 0 aromatic carbocycles. The molecule has 8 nitrogen and oxygen atoms in total. The lowest BCUT2D eigenvalue weighted by atomic mass is 10.3. The molecular weight excluding hydrogens is 324 g/mol. The van der Waals surface area contributed by atoms with Crippen LogP contribution in [0, 0.1) is 0 Å². The van der Waals surface area contributed by atoms with Gasteiger partial charge in [-0.2, -0.15) is 0 Å². The maximum Gasteiger partial charge on any atom is 0.246 e. The lowest BCUT2D eigenvalue weighted by Crippen LogP contribution is -2.46. The van der Waals surface area contributed by atoms with Gasteiger partial charge in [-0.1, -0.05) is 19.7 Å². The zero-order valence-electron chi connectivity index (χ0n) is 14.7. The topological polar surface area (TPSA) is 102 Å². The van der Waals surface area contributed by atoms with E-state index < -0.39 is 6.23 Å². The summed E-state index contributed by atoms with van der Waals surface area (Å²) in [6.45, 7) is 13.8. The van der Waals surface area contributed by atoms with Crippen molar-refractivity contribution in [3.05, 3.63) is 38.0 Å². The number of hydrogen-bond acceptors (Lipinski definition) is 5. The van der Waals surface area contributed by atoms with Gasteiger partial charge in [0.05, 0.1) is 0 Å². The summed E-state index contributed by atoms with van der Waals surface area (Å²) in [5.41, 5.74) is 0. The Kier molecular flexibility index (Phi) is 11.6. The first-order chi connectivity index (χ1) is 11.8. The molecule has 0 bridgehead atoms. The highest BCUT2D eigenvalue weighted by Gasteiger charge is 2.16. The number of hydrogen-bond donors (Lipinski definition) is 3. The van der Waals surface area contributed by atoms with Crippen LogP contribution in [0.15, 0.2) is 38.0 Å². The summed E-state index contributed by atoms with van der Waals surface area (Å²) in [7, 11) is 0. The number of nitrogens with zero attached hydrogens (tertiary/aromatic N) is 2. The highest BCUT2D eigenvalue weighted by atomic mass is 16.3. The maximum atomic E-state index is 11.9. The van der Waals surface area contributed by atoms with Gasteiger partial charge in [0.15, 0.2) is 0 Å². The van der Waals surface area contributed by atoms with E-state index >= 15 is 0 Å². The van der Waals surface area contributed by atoms with E-state index in [-0.39, 0.29) is 24.3 Å². The Bertz CT molecular complexity index is 493. The van der Waals surface area contributed by atoms with E-state index in [9.17, 15) is 19.5 Å². The Balaban J connectivity index is 4.64. The molecule has 0 spiro atoms. The molecule has 1 atom stereocenters. The number of aliphatic hydroxyl groups is 1. The second-order valence-corrected chi connectivity index (χ2v) is 5.19. The van der Waals surface area contributed by atoms with Gasteiger partial charge in [-0.15, -0.1) is 0 Å². The number of amides is 3. The molecule has 0 aromatic heterocycles. The van der Waals surface area contributed by atoms with Gasteiger partial charge in [0, 0.05) is 46.2 Å². The second kappa shape index (κ2) is 12.9. The van der Waals surface area contributed by atoms with Crippen LogP contribution in [0.3, 0.4) is 0 Å². The normalized spacial score (nSPS) is 11.3. The monoisotopic (exact) mass is 352 g/mol. The van der Waals surface area contributed by atoms with E-state index in [4.69, 9.17) is 0 Å². The Morgan fingerprint density at radius 3 is 2.16 bits per heavy atom. The van der Waals surface area contributed by atoms with Crippen LogP contribution in [0.25, 0.3) is 0 Å². The van der Waals surface area contributed by atoms with Crippen LogP contribution >= 0.6 is 0 Å². The van der Waals surface area contributed by atoms with Crippen LogP contribution in [0.5, 0.6) is 0 Å². The molecule has 0 radical (unpaired) electrons. The first-order valence-corrected chi connectivity index (χ1v) is 7.96. The van der Waals surface area contributed by atoms with E-state index in [1.807, 2.05) is 0 Å². The van der Waals surface area contributed by atoms with Crippen molar-refractivity contribution in [2.75, 3.05) is 39.3 Å². The predicted molar refractivity (Wildman–Crippen MR) is 96.4 cm³/mol. The third kappa shape index (κ3) is 10.1. The average molecular weight is 352 g/mol. The summed E-state index contributed by atoms with van der Waals surface area (Å²) in [6.07, 6.45) is 2.83. The van der Waals surface area contributed by atoms with Crippen molar-refractivity contribution in [3.8, 4) is 0 Å². The molecule has 0 aliphatic carbocycles. The number of carbonyl (C=O) groups excluding carboxylic acids is 3. The number of aliphatic hydroxyl groups excluding tert-OH is 1. The molecule has 25 heavy (non-hydrogen) atoms. The fraction of sp³-hybridized carbons (Fsp3) is 0.471. The van der Waals surface area contributed by atoms with E-state index in [1.165, 1.54) is 24.0 Å². The lowest BCUT2D eigenvalue weighted by Gasteiger charge is -2.29. The fourth-order valence-electron chi connectivity index (χ4n) is 2.00. The molecule has 140 valence electrons. The van der Waals surface area contributed by atoms with Gasteiger partial charge in [-0.05, 0) is 18.2 Å².